The first-order chi connectivity index (χ1) is 9.54. The quantitative estimate of drug-likeness (QED) is 0.858. The van der Waals surface area contributed by atoms with Gasteiger partial charge in [0.25, 0.3) is 0 Å². The molecule has 0 unspecified atom stereocenters. The van der Waals surface area contributed by atoms with Gasteiger partial charge in [-0.2, -0.15) is 5.10 Å². The van der Waals surface area contributed by atoms with E-state index in [4.69, 9.17) is 0 Å². The van der Waals surface area contributed by atoms with Crippen molar-refractivity contribution in [1.82, 2.24) is 25.1 Å². The molecule has 2 aromatic heterocycles. The van der Waals surface area contributed by atoms with E-state index >= 15 is 0 Å². The topological polar surface area (TPSA) is 94.7 Å². The Balaban J connectivity index is 1.73. The average Bonchev–Trinajstić information content (AvgIpc) is 3.08. The fourth-order valence-corrected chi connectivity index (χ4v) is 3.54. The number of imidazole rings is 1. The molecule has 0 aromatic carbocycles. The Bertz CT molecular complexity index is 677. The molecular weight excluding hydrogens is 278 g/mol. The second-order valence-corrected chi connectivity index (χ2v) is 7.16. The fourth-order valence-electron chi connectivity index (χ4n) is 2.68. The van der Waals surface area contributed by atoms with Crippen LogP contribution in [0.15, 0.2) is 23.5 Å². The number of rotatable bonds is 4. The molecule has 0 radical (unpaired) electrons. The van der Waals surface area contributed by atoms with Gasteiger partial charge in [-0.15, -0.1) is 0 Å². The molecular formula is C12H17N5O2S. The van der Waals surface area contributed by atoms with Gasteiger partial charge >= 0.3 is 0 Å². The molecule has 1 aliphatic rings. The molecule has 0 aliphatic carbocycles. The maximum absolute atomic E-state index is 11.7. The first-order valence-corrected chi connectivity index (χ1v) is 8.37. The van der Waals surface area contributed by atoms with Crippen molar-refractivity contribution in [1.29, 1.82) is 0 Å². The predicted molar refractivity (Wildman–Crippen MR) is 72.9 cm³/mol. The van der Waals surface area contributed by atoms with Crippen LogP contribution in [0, 0.1) is 0 Å². The third-order valence-electron chi connectivity index (χ3n) is 3.64. The lowest BCUT2D eigenvalue weighted by atomic mass is 10.1. The summed E-state index contributed by atoms with van der Waals surface area (Å²) < 4.78 is 23.4. The van der Waals surface area contributed by atoms with E-state index in [9.17, 15) is 8.42 Å². The van der Waals surface area contributed by atoms with Crippen molar-refractivity contribution < 1.29 is 8.42 Å². The Morgan fingerprint density at radius 2 is 2.35 bits per heavy atom. The molecule has 0 saturated carbocycles. The van der Waals surface area contributed by atoms with Crippen LogP contribution >= 0.6 is 0 Å². The molecule has 2 aromatic rings. The highest BCUT2D eigenvalue weighted by molar-refractivity contribution is 7.90. The third kappa shape index (κ3) is 2.61. The molecule has 1 saturated heterocycles. The van der Waals surface area contributed by atoms with E-state index in [2.05, 4.69) is 25.1 Å². The molecule has 8 heteroatoms. The molecule has 0 bridgehead atoms. The average molecular weight is 295 g/mol. The molecule has 1 fully saturated rings. The number of aromatic nitrogens is 4. The van der Waals surface area contributed by atoms with Gasteiger partial charge < -0.3 is 4.98 Å². The Labute approximate surface area is 117 Å². The van der Waals surface area contributed by atoms with E-state index in [1.54, 1.807) is 12.4 Å². The summed E-state index contributed by atoms with van der Waals surface area (Å²) in [4.78, 5) is 9.87. The van der Waals surface area contributed by atoms with Crippen molar-refractivity contribution >= 4 is 9.84 Å². The summed E-state index contributed by atoms with van der Waals surface area (Å²) in [6.45, 7) is 2.49. The zero-order chi connectivity index (χ0) is 14.2. The van der Waals surface area contributed by atoms with Crippen LogP contribution in [0.4, 0.5) is 0 Å². The van der Waals surface area contributed by atoms with Crippen molar-refractivity contribution in [2.24, 2.45) is 0 Å². The lowest BCUT2D eigenvalue weighted by Crippen LogP contribution is -2.20. The van der Waals surface area contributed by atoms with Crippen molar-refractivity contribution in [3.05, 3.63) is 30.1 Å². The van der Waals surface area contributed by atoms with Crippen LogP contribution in [0.3, 0.4) is 0 Å². The van der Waals surface area contributed by atoms with E-state index in [1.165, 1.54) is 12.5 Å². The van der Waals surface area contributed by atoms with Crippen LogP contribution in [-0.4, -0.2) is 52.8 Å². The first kappa shape index (κ1) is 13.3. The van der Waals surface area contributed by atoms with Crippen molar-refractivity contribution in [2.75, 3.05) is 19.3 Å². The summed E-state index contributed by atoms with van der Waals surface area (Å²) in [5.41, 5.74) is 0.731. The van der Waals surface area contributed by atoms with Crippen molar-refractivity contribution in [3.8, 4) is 0 Å². The molecule has 0 amide bonds. The maximum Gasteiger partial charge on any atom is 0.178 e. The molecule has 1 atom stereocenters. The second-order valence-electron chi connectivity index (χ2n) is 5.18. The first-order valence-electron chi connectivity index (χ1n) is 6.48. The van der Waals surface area contributed by atoms with E-state index in [0.717, 1.165) is 37.6 Å². The molecule has 7 nitrogen and oxygen atoms in total. The van der Waals surface area contributed by atoms with Crippen LogP contribution in [-0.2, 0) is 16.4 Å². The van der Waals surface area contributed by atoms with Gasteiger partial charge in [-0.3, -0.25) is 10.00 Å². The molecule has 20 heavy (non-hydrogen) atoms. The van der Waals surface area contributed by atoms with Crippen LogP contribution < -0.4 is 0 Å². The third-order valence-corrected chi connectivity index (χ3v) is 4.76. The smallest absolute Gasteiger partial charge is 0.178 e. The number of H-pyrrole nitrogens is 2. The lowest BCUT2D eigenvalue weighted by molar-refractivity contribution is 0.318. The molecule has 3 rings (SSSR count). The Kier molecular flexibility index (Phi) is 3.35. The van der Waals surface area contributed by atoms with E-state index < -0.39 is 9.84 Å². The minimum Gasteiger partial charge on any atom is -0.348 e. The van der Waals surface area contributed by atoms with Crippen LogP contribution in [0.25, 0.3) is 0 Å². The SMILES string of the molecule is CS(=O)(=O)c1cn[nH]c1[C@@H]1CCN(Cc2ncc[nH]2)C1. The Hall–Kier alpha value is -1.67. The van der Waals surface area contributed by atoms with Gasteiger partial charge in [0, 0.05) is 31.1 Å². The van der Waals surface area contributed by atoms with E-state index in [1.807, 2.05) is 0 Å². The van der Waals surface area contributed by atoms with E-state index in [-0.39, 0.29) is 5.92 Å². The van der Waals surface area contributed by atoms with Crippen LogP contribution in [0.2, 0.25) is 0 Å². The number of nitrogens with one attached hydrogen (secondary N) is 2. The number of hydrogen-bond donors (Lipinski definition) is 2. The number of aromatic amines is 2. The summed E-state index contributed by atoms with van der Waals surface area (Å²) in [7, 11) is -3.23. The van der Waals surface area contributed by atoms with Crippen LogP contribution in [0.5, 0.6) is 0 Å². The Morgan fingerprint density at radius 1 is 1.50 bits per heavy atom. The molecule has 1 aliphatic heterocycles. The standard InChI is InChI=1S/C12H17N5O2S/c1-20(18,19)10-6-15-16-12(10)9-2-5-17(7-9)8-11-13-3-4-14-11/h3-4,6,9H,2,5,7-8H2,1H3,(H,13,14)(H,15,16)/t9-/m1/s1. The lowest BCUT2D eigenvalue weighted by Gasteiger charge is -2.14. The maximum atomic E-state index is 11.7. The fraction of sp³-hybridized carbons (Fsp3) is 0.500. The number of sulfone groups is 1. The van der Waals surface area contributed by atoms with Gasteiger partial charge in [0.1, 0.15) is 10.7 Å². The highest BCUT2D eigenvalue weighted by Crippen LogP contribution is 2.30. The molecule has 0 spiro atoms. The minimum atomic E-state index is -3.23. The number of likely N-dealkylation sites (tertiary alicyclic amines) is 1. The van der Waals surface area contributed by atoms with E-state index in [0.29, 0.717) is 4.90 Å². The van der Waals surface area contributed by atoms with Gasteiger partial charge in [-0.25, -0.2) is 13.4 Å². The molecule has 3 heterocycles. The monoisotopic (exact) mass is 295 g/mol. The van der Waals surface area contributed by atoms with Gasteiger partial charge in [-0.05, 0) is 13.0 Å². The summed E-state index contributed by atoms with van der Waals surface area (Å²) in [6.07, 6.45) is 7.08. The Morgan fingerprint density at radius 3 is 3.05 bits per heavy atom. The van der Waals surface area contributed by atoms with Gasteiger partial charge in [-0.1, -0.05) is 0 Å². The largest absolute Gasteiger partial charge is 0.348 e. The normalized spacial score (nSPS) is 20.6. The summed E-state index contributed by atoms with van der Waals surface area (Å²) in [5, 5.41) is 6.75. The highest BCUT2D eigenvalue weighted by atomic mass is 32.2. The number of hydrogen-bond acceptors (Lipinski definition) is 5. The van der Waals surface area contributed by atoms with Gasteiger partial charge in [0.15, 0.2) is 9.84 Å². The highest BCUT2D eigenvalue weighted by Gasteiger charge is 2.29. The van der Waals surface area contributed by atoms with Crippen LogP contribution in [0.1, 0.15) is 23.9 Å². The zero-order valence-electron chi connectivity index (χ0n) is 11.2. The summed E-state index contributed by atoms with van der Waals surface area (Å²) in [5.74, 6) is 1.11. The predicted octanol–water partition coefficient (Wildman–Crippen LogP) is 0.526. The van der Waals surface area contributed by atoms with Gasteiger partial charge in [0.05, 0.1) is 18.4 Å². The van der Waals surface area contributed by atoms with Crippen molar-refractivity contribution in [2.45, 2.75) is 23.8 Å². The summed E-state index contributed by atoms with van der Waals surface area (Å²) >= 11 is 0. The number of nitrogens with zero attached hydrogens (tertiary/aromatic N) is 3. The molecule has 2 N–H and O–H groups in total. The minimum absolute atomic E-state index is 0.178. The van der Waals surface area contributed by atoms with Gasteiger partial charge in [0.2, 0.25) is 0 Å². The second kappa shape index (κ2) is 5.02. The zero-order valence-corrected chi connectivity index (χ0v) is 12.0. The molecule has 108 valence electrons. The van der Waals surface area contributed by atoms with Crippen molar-refractivity contribution in [3.63, 3.8) is 0 Å². The summed E-state index contributed by atoms with van der Waals surface area (Å²) in [6, 6.07) is 0.